The second-order valence-electron chi connectivity index (χ2n) is 5.15. The summed E-state index contributed by atoms with van der Waals surface area (Å²) in [6.45, 7) is 4.30. The minimum absolute atomic E-state index is 0.637. The molecule has 112 valence electrons. The summed E-state index contributed by atoms with van der Waals surface area (Å²) in [7, 11) is 2.01. The normalized spacial score (nSPS) is 16.5. The van der Waals surface area contributed by atoms with E-state index in [0.717, 1.165) is 31.3 Å². The first-order valence-electron chi connectivity index (χ1n) is 7.02. The van der Waals surface area contributed by atoms with E-state index in [1.807, 2.05) is 29.4 Å². The van der Waals surface area contributed by atoms with Crippen LogP contribution in [0.4, 0.5) is 5.13 Å². The van der Waals surface area contributed by atoms with E-state index in [0.29, 0.717) is 12.5 Å². The lowest BCUT2D eigenvalue weighted by atomic mass is 10.3. The molecule has 21 heavy (non-hydrogen) atoms. The van der Waals surface area contributed by atoms with Gasteiger partial charge in [0.05, 0.1) is 6.54 Å². The van der Waals surface area contributed by atoms with Crippen molar-refractivity contribution in [1.29, 1.82) is 0 Å². The number of nitrogens with two attached hydrogens (primary N) is 1. The number of aromatic nitrogens is 2. The van der Waals surface area contributed by atoms with Crippen LogP contribution in [0, 0.1) is 0 Å². The molecule has 0 atom stereocenters. The van der Waals surface area contributed by atoms with Crippen molar-refractivity contribution < 1.29 is 0 Å². The summed E-state index contributed by atoms with van der Waals surface area (Å²) in [5, 5.41) is 3.10. The zero-order chi connectivity index (χ0) is 14.7. The number of aliphatic imine (C=N–C) groups is 1. The van der Waals surface area contributed by atoms with Crippen molar-refractivity contribution in [1.82, 2.24) is 14.5 Å². The van der Waals surface area contributed by atoms with Crippen molar-refractivity contribution in [3.05, 3.63) is 35.6 Å². The Labute approximate surface area is 128 Å². The van der Waals surface area contributed by atoms with Crippen LogP contribution in [-0.4, -0.2) is 46.6 Å². The van der Waals surface area contributed by atoms with Crippen LogP contribution in [0.3, 0.4) is 0 Å². The summed E-state index contributed by atoms with van der Waals surface area (Å²) < 4.78 is 2.02. The smallest absolute Gasteiger partial charge is 0.191 e. The van der Waals surface area contributed by atoms with Crippen LogP contribution in [0.25, 0.3) is 0 Å². The zero-order valence-electron chi connectivity index (χ0n) is 12.1. The first kappa shape index (κ1) is 13.9. The van der Waals surface area contributed by atoms with Crippen LogP contribution < -0.4 is 10.6 Å². The number of hydrogen-bond donors (Lipinski definition) is 1. The Morgan fingerprint density at radius 2 is 2.19 bits per heavy atom. The molecule has 0 aromatic carbocycles. The van der Waals surface area contributed by atoms with E-state index >= 15 is 0 Å². The number of anilines is 1. The molecular weight excluding hydrogens is 284 g/mol. The van der Waals surface area contributed by atoms with Crippen molar-refractivity contribution in [3.8, 4) is 0 Å². The van der Waals surface area contributed by atoms with Crippen LogP contribution in [0.2, 0.25) is 0 Å². The summed E-state index contributed by atoms with van der Waals surface area (Å²) in [4.78, 5) is 13.3. The maximum absolute atomic E-state index is 6.10. The molecule has 6 nitrogen and oxygen atoms in total. The summed E-state index contributed by atoms with van der Waals surface area (Å²) in [6, 6.07) is 2.07. The molecule has 1 aliphatic rings. The van der Waals surface area contributed by atoms with Gasteiger partial charge in [-0.05, 0) is 11.6 Å². The molecule has 0 radical (unpaired) electrons. The fourth-order valence-corrected chi connectivity index (χ4v) is 3.12. The lowest BCUT2D eigenvalue weighted by Gasteiger charge is -2.35. The van der Waals surface area contributed by atoms with Gasteiger partial charge in [-0.15, -0.1) is 11.3 Å². The summed E-state index contributed by atoms with van der Waals surface area (Å²) >= 11 is 1.68. The molecule has 1 fully saturated rings. The topological polar surface area (TPSA) is 62.7 Å². The molecular formula is C14H20N6S. The van der Waals surface area contributed by atoms with Crippen LogP contribution in [0.5, 0.6) is 0 Å². The quantitative estimate of drug-likeness (QED) is 0.682. The number of rotatable bonds is 3. The standard InChI is InChI=1S/C14H20N6S/c1-18-4-2-12(11-18)10-17-13(15)19-5-7-20(8-6-19)14-16-3-9-21-14/h2-4,9,11H,5-8,10H2,1H3,(H2,15,17). The largest absolute Gasteiger partial charge is 0.370 e. The van der Waals surface area contributed by atoms with E-state index in [1.54, 1.807) is 11.3 Å². The number of thiazole rings is 1. The van der Waals surface area contributed by atoms with Crippen molar-refractivity contribution in [2.75, 3.05) is 31.1 Å². The van der Waals surface area contributed by atoms with E-state index in [4.69, 9.17) is 5.73 Å². The first-order valence-corrected chi connectivity index (χ1v) is 7.90. The molecule has 3 rings (SSSR count). The third kappa shape index (κ3) is 3.36. The lowest BCUT2D eigenvalue weighted by molar-refractivity contribution is 0.380. The second kappa shape index (κ2) is 6.17. The molecule has 0 saturated carbocycles. The summed E-state index contributed by atoms with van der Waals surface area (Å²) in [5.74, 6) is 0.637. The average Bonchev–Trinajstić information content (AvgIpc) is 3.16. The number of piperazine rings is 1. The third-order valence-electron chi connectivity index (χ3n) is 3.61. The van der Waals surface area contributed by atoms with Crippen molar-refractivity contribution in [2.24, 2.45) is 17.8 Å². The Hall–Kier alpha value is -2.02. The molecule has 3 heterocycles. The zero-order valence-corrected chi connectivity index (χ0v) is 13.0. The fourth-order valence-electron chi connectivity index (χ4n) is 2.43. The van der Waals surface area contributed by atoms with Gasteiger partial charge in [-0.2, -0.15) is 0 Å². The van der Waals surface area contributed by atoms with Crippen LogP contribution >= 0.6 is 11.3 Å². The molecule has 0 unspecified atom stereocenters. The molecule has 2 aromatic rings. The molecule has 7 heteroatoms. The molecule has 2 aromatic heterocycles. The highest BCUT2D eigenvalue weighted by Crippen LogP contribution is 2.18. The number of hydrogen-bond acceptors (Lipinski definition) is 4. The molecule has 0 aliphatic carbocycles. The SMILES string of the molecule is Cn1ccc(CN=C(N)N2CCN(c3nccs3)CC2)c1. The highest BCUT2D eigenvalue weighted by molar-refractivity contribution is 7.13. The molecule has 0 bridgehead atoms. The molecule has 0 amide bonds. The van der Waals surface area contributed by atoms with Gasteiger partial charge in [0.2, 0.25) is 0 Å². The van der Waals surface area contributed by atoms with Gasteiger partial charge in [0, 0.05) is 57.2 Å². The molecule has 2 N–H and O–H groups in total. The Kier molecular flexibility index (Phi) is 4.10. The van der Waals surface area contributed by atoms with E-state index in [9.17, 15) is 0 Å². The Morgan fingerprint density at radius 1 is 1.38 bits per heavy atom. The third-order valence-corrected chi connectivity index (χ3v) is 4.44. The van der Waals surface area contributed by atoms with Gasteiger partial charge >= 0.3 is 0 Å². The van der Waals surface area contributed by atoms with Gasteiger partial charge < -0.3 is 20.1 Å². The van der Waals surface area contributed by atoms with Crippen LogP contribution in [-0.2, 0) is 13.6 Å². The van der Waals surface area contributed by atoms with E-state index < -0.39 is 0 Å². The highest BCUT2D eigenvalue weighted by Gasteiger charge is 2.19. The molecule has 1 aliphatic heterocycles. The van der Waals surface area contributed by atoms with E-state index in [-0.39, 0.29) is 0 Å². The van der Waals surface area contributed by atoms with Gasteiger partial charge in [0.25, 0.3) is 0 Å². The molecule has 1 saturated heterocycles. The van der Waals surface area contributed by atoms with Crippen molar-refractivity contribution in [3.63, 3.8) is 0 Å². The number of guanidine groups is 1. The Bertz CT molecular complexity index is 595. The molecule has 0 spiro atoms. The maximum atomic E-state index is 6.10. The second-order valence-corrected chi connectivity index (χ2v) is 6.02. The van der Waals surface area contributed by atoms with Gasteiger partial charge in [-0.25, -0.2) is 9.98 Å². The Morgan fingerprint density at radius 3 is 2.81 bits per heavy atom. The van der Waals surface area contributed by atoms with Crippen molar-refractivity contribution in [2.45, 2.75) is 6.54 Å². The fraction of sp³-hybridized carbons (Fsp3) is 0.429. The maximum Gasteiger partial charge on any atom is 0.191 e. The number of nitrogens with zero attached hydrogens (tertiary/aromatic N) is 5. The lowest BCUT2D eigenvalue weighted by Crippen LogP contribution is -2.51. The van der Waals surface area contributed by atoms with Crippen LogP contribution in [0.1, 0.15) is 5.56 Å². The van der Waals surface area contributed by atoms with Crippen LogP contribution in [0.15, 0.2) is 35.0 Å². The summed E-state index contributed by atoms with van der Waals surface area (Å²) in [5.41, 5.74) is 7.29. The van der Waals surface area contributed by atoms with Gasteiger partial charge in [-0.3, -0.25) is 0 Å². The van der Waals surface area contributed by atoms with E-state index in [2.05, 4.69) is 32.0 Å². The van der Waals surface area contributed by atoms with Gasteiger partial charge in [0.1, 0.15) is 0 Å². The first-order chi connectivity index (χ1) is 10.2. The van der Waals surface area contributed by atoms with Crippen molar-refractivity contribution >= 4 is 22.4 Å². The van der Waals surface area contributed by atoms with Gasteiger partial charge in [-0.1, -0.05) is 0 Å². The number of aryl methyl sites for hydroxylation is 1. The Balaban J connectivity index is 1.53. The highest BCUT2D eigenvalue weighted by atomic mass is 32.1. The minimum atomic E-state index is 0.637. The average molecular weight is 304 g/mol. The van der Waals surface area contributed by atoms with E-state index in [1.165, 1.54) is 5.56 Å². The summed E-state index contributed by atoms with van der Waals surface area (Å²) in [6.07, 6.45) is 5.94. The predicted molar refractivity (Wildman–Crippen MR) is 86.6 cm³/mol. The monoisotopic (exact) mass is 304 g/mol. The minimum Gasteiger partial charge on any atom is -0.370 e. The van der Waals surface area contributed by atoms with Gasteiger partial charge in [0.15, 0.2) is 11.1 Å². The predicted octanol–water partition coefficient (Wildman–Crippen LogP) is 1.12.